The lowest BCUT2D eigenvalue weighted by molar-refractivity contribution is -0.261. The van der Waals surface area contributed by atoms with Gasteiger partial charge in [0.15, 0.2) is 0 Å². The molecule has 0 bridgehead atoms. The van der Waals surface area contributed by atoms with Gasteiger partial charge in [0.2, 0.25) is 0 Å². The average molecular weight is 444 g/mol. The molecule has 3 N–H and O–H groups in total. The van der Waals surface area contributed by atoms with Crippen LogP contribution in [0.2, 0.25) is 0 Å². The van der Waals surface area contributed by atoms with Gasteiger partial charge in [-0.25, -0.2) is 0 Å². The first kappa shape index (κ1) is 27.9. The van der Waals surface area contributed by atoms with Gasteiger partial charge in [0.1, 0.15) is 12.5 Å². The minimum Gasteiger partial charge on any atom is -0.481 e. The number of carboxylic acid groups (broad SMARTS) is 1. The Morgan fingerprint density at radius 3 is 1.29 bits per heavy atom. The first-order valence-corrected chi connectivity index (χ1v) is 12.6. The van der Waals surface area contributed by atoms with Gasteiger partial charge in [-0.05, 0) is 25.7 Å². The van der Waals surface area contributed by atoms with E-state index in [0.717, 1.165) is 37.2 Å². The molecular weight excluding hydrogens is 398 g/mol. The van der Waals surface area contributed by atoms with Crippen LogP contribution < -0.4 is 0 Å². The second-order valence-electron chi connectivity index (χ2n) is 8.91. The van der Waals surface area contributed by atoms with Crippen molar-refractivity contribution in [3.8, 4) is 0 Å². The number of aliphatic hydroxyl groups is 2. The molecule has 0 aliphatic carbocycles. The number of carbonyl (C=O) groups excluding carboxylic acids is 1. The quantitative estimate of drug-likeness (QED) is 0.220. The molecule has 0 aromatic heterocycles. The molecule has 0 amide bonds. The standard InChI is InChI=1S/C24H45NO6/c26-21-19-20-22(27)25(21)31-24(30)18-16-14-12-10-8-6-4-2-1-3-5-7-9-11-13-15-17-23(28)29/h21-22,26-27H,1-20H2,(H,28,29). The molecule has 182 valence electrons. The fourth-order valence-corrected chi connectivity index (χ4v) is 4.06. The van der Waals surface area contributed by atoms with E-state index in [0.29, 0.717) is 25.7 Å². The van der Waals surface area contributed by atoms with Crippen LogP contribution in [0.4, 0.5) is 0 Å². The molecule has 0 aromatic rings. The summed E-state index contributed by atoms with van der Waals surface area (Å²) in [6.07, 6.45) is 18.5. The van der Waals surface area contributed by atoms with Gasteiger partial charge >= 0.3 is 11.9 Å². The van der Waals surface area contributed by atoms with Crippen molar-refractivity contribution in [3.05, 3.63) is 0 Å². The summed E-state index contributed by atoms with van der Waals surface area (Å²) in [5.74, 6) is -1.06. The van der Waals surface area contributed by atoms with Gasteiger partial charge in [0.25, 0.3) is 0 Å². The van der Waals surface area contributed by atoms with E-state index in [9.17, 15) is 19.8 Å². The number of unbranched alkanes of at least 4 members (excludes halogenated alkanes) is 15. The highest BCUT2D eigenvalue weighted by atomic mass is 16.7. The number of hydrogen-bond donors (Lipinski definition) is 3. The Kier molecular flexibility index (Phi) is 16.5. The van der Waals surface area contributed by atoms with Crippen LogP contribution in [0.25, 0.3) is 0 Å². The number of hydroxylamine groups is 2. The predicted molar refractivity (Wildman–Crippen MR) is 120 cm³/mol. The molecule has 7 heteroatoms. The summed E-state index contributed by atoms with van der Waals surface area (Å²) in [4.78, 5) is 27.2. The minimum atomic E-state index is -0.888. The summed E-state index contributed by atoms with van der Waals surface area (Å²) >= 11 is 0. The van der Waals surface area contributed by atoms with Crippen molar-refractivity contribution in [1.82, 2.24) is 5.06 Å². The van der Waals surface area contributed by atoms with Gasteiger partial charge in [-0.1, -0.05) is 95.0 Å². The largest absolute Gasteiger partial charge is 0.481 e. The van der Waals surface area contributed by atoms with Gasteiger partial charge in [0, 0.05) is 12.8 Å². The molecule has 0 saturated carbocycles. The van der Waals surface area contributed by atoms with Gasteiger partial charge in [0.05, 0.1) is 0 Å². The highest BCUT2D eigenvalue weighted by molar-refractivity contribution is 5.69. The van der Waals surface area contributed by atoms with E-state index in [1.54, 1.807) is 0 Å². The number of nitrogens with zero attached hydrogens (tertiary/aromatic N) is 1. The van der Waals surface area contributed by atoms with Crippen LogP contribution >= 0.6 is 0 Å². The third-order valence-corrected chi connectivity index (χ3v) is 6.00. The summed E-state index contributed by atoms with van der Waals surface area (Å²) < 4.78 is 0. The van der Waals surface area contributed by atoms with Crippen molar-refractivity contribution in [2.24, 2.45) is 0 Å². The third-order valence-electron chi connectivity index (χ3n) is 6.00. The zero-order chi connectivity index (χ0) is 22.7. The molecule has 1 heterocycles. The SMILES string of the molecule is O=C(O)CCCCCCCCCCCCCCCCCCC(=O)ON1C(O)CCC1O. The van der Waals surface area contributed by atoms with Crippen LogP contribution in [0.1, 0.15) is 128 Å². The molecule has 0 radical (unpaired) electrons. The zero-order valence-corrected chi connectivity index (χ0v) is 19.3. The van der Waals surface area contributed by atoms with Crippen LogP contribution in [-0.2, 0) is 14.4 Å². The second-order valence-corrected chi connectivity index (χ2v) is 8.91. The molecule has 0 aromatic carbocycles. The van der Waals surface area contributed by atoms with Crippen LogP contribution in [0.5, 0.6) is 0 Å². The maximum atomic E-state index is 11.8. The molecule has 1 aliphatic heterocycles. The molecule has 2 unspecified atom stereocenters. The number of aliphatic hydroxyl groups excluding tert-OH is 2. The summed E-state index contributed by atoms with van der Waals surface area (Å²) in [6, 6.07) is 0. The highest BCUT2D eigenvalue weighted by Gasteiger charge is 2.33. The first-order chi connectivity index (χ1) is 15.0. The maximum Gasteiger partial charge on any atom is 0.325 e. The zero-order valence-electron chi connectivity index (χ0n) is 19.3. The lowest BCUT2D eigenvalue weighted by Crippen LogP contribution is -2.37. The summed E-state index contributed by atoms with van der Waals surface area (Å²) in [7, 11) is 0. The molecular formula is C24H45NO6. The van der Waals surface area contributed by atoms with Gasteiger partial charge in [-0.15, -0.1) is 0 Å². The van der Waals surface area contributed by atoms with Crippen LogP contribution in [-0.4, -0.2) is 44.8 Å². The first-order valence-electron chi connectivity index (χ1n) is 12.6. The number of hydrogen-bond acceptors (Lipinski definition) is 6. The fraction of sp³-hybridized carbons (Fsp3) is 0.917. The predicted octanol–water partition coefficient (Wildman–Crippen LogP) is 5.28. The molecule has 31 heavy (non-hydrogen) atoms. The number of carboxylic acids is 1. The van der Waals surface area contributed by atoms with Crippen LogP contribution in [0.3, 0.4) is 0 Å². The van der Waals surface area contributed by atoms with E-state index in [-0.39, 0.29) is 5.97 Å². The van der Waals surface area contributed by atoms with Crippen LogP contribution in [0.15, 0.2) is 0 Å². The number of rotatable bonds is 20. The van der Waals surface area contributed by atoms with Gasteiger partial charge in [-0.2, -0.15) is 0 Å². The Morgan fingerprint density at radius 2 is 0.935 bits per heavy atom. The van der Waals surface area contributed by atoms with Crippen molar-refractivity contribution in [3.63, 3.8) is 0 Å². The molecule has 0 spiro atoms. The summed E-state index contributed by atoms with van der Waals surface area (Å²) in [6.45, 7) is 0. The Labute approximate surface area is 188 Å². The van der Waals surface area contributed by atoms with E-state index < -0.39 is 18.4 Å². The smallest absolute Gasteiger partial charge is 0.325 e. The molecule has 1 aliphatic rings. The summed E-state index contributed by atoms with van der Waals surface area (Å²) in [5.41, 5.74) is 0. The molecule has 1 rings (SSSR count). The normalized spacial score (nSPS) is 19.0. The van der Waals surface area contributed by atoms with Crippen molar-refractivity contribution < 1.29 is 29.7 Å². The van der Waals surface area contributed by atoms with E-state index in [2.05, 4.69) is 0 Å². The Balaban J connectivity index is 1.75. The third kappa shape index (κ3) is 15.3. The molecule has 1 saturated heterocycles. The molecule has 1 fully saturated rings. The Bertz CT molecular complexity index is 463. The number of aliphatic carboxylic acids is 1. The second kappa shape index (κ2) is 18.4. The molecule has 7 nitrogen and oxygen atoms in total. The van der Waals surface area contributed by atoms with Crippen molar-refractivity contribution in [1.29, 1.82) is 0 Å². The van der Waals surface area contributed by atoms with E-state index >= 15 is 0 Å². The van der Waals surface area contributed by atoms with Gasteiger partial charge in [-0.3, -0.25) is 9.59 Å². The van der Waals surface area contributed by atoms with E-state index in [4.69, 9.17) is 9.94 Å². The van der Waals surface area contributed by atoms with E-state index in [1.807, 2.05) is 0 Å². The number of carbonyl (C=O) groups is 2. The lowest BCUT2D eigenvalue weighted by Gasteiger charge is -2.21. The van der Waals surface area contributed by atoms with E-state index in [1.165, 1.54) is 70.6 Å². The Hall–Kier alpha value is -1.18. The molecule has 2 atom stereocenters. The summed E-state index contributed by atoms with van der Waals surface area (Å²) in [5, 5.41) is 28.8. The van der Waals surface area contributed by atoms with Crippen molar-refractivity contribution in [2.75, 3.05) is 0 Å². The highest BCUT2D eigenvalue weighted by Crippen LogP contribution is 2.21. The average Bonchev–Trinajstić information content (AvgIpc) is 3.04. The maximum absolute atomic E-state index is 11.8. The fourth-order valence-electron chi connectivity index (χ4n) is 4.06. The topological polar surface area (TPSA) is 107 Å². The Morgan fingerprint density at radius 1 is 0.613 bits per heavy atom. The monoisotopic (exact) mass is 443 g/mol. The lowest BCUT2D eigenvalue weighted by atomic mass is 10.0. The minimum absolute atomic E-state index is 0.311. The van der Waals surface area contributed by atoms with Crippen LogP contribution in [0, 0.1) is 0 Å². The van der Waals surface area contributed by atoms with Crippen molar-refractivity contribution in [2.45, 2.75) is 141 Å². The van der Waals surface area contributed by atoms with Gasteiger partial charge < -0.3 is 20.2 Å². The van der Waals surface area contributed by atoms with Crippen molar-refractivity contribution >= 4 is 11.9 Å².